The summed E-state index contributed by atoms with van der Waals surface area (Å²) in [4.78, 5) is 4.13. The summed E-state index contributed by atoms with van der Waals surface area (Å²) in [7, 11) is -4.01. The fourth-order valence-electron chi connectivity index (χ4n) is 2.49. The van der Waals surface area contributed by atoms with E-state index in [1.54, 1.807) is 24.4 Å². The number of hydrogen-bond donors (Lipinski definition) is 1. The van der Waals surface area contributed by atoms with E-state index in [2.05, 4.69) is 25.6 Å². The molecule has 1 atom stereocenters. The van der Waals surface area contributed by atoms with Gasteiger partial charge in [-0.1, -0.05) is 75.5 Å². The molecule has 0 radical (unpaired) electrons. The number of halogens is 3. The Hall–Kier alpha value is -1.44. The number of aromatic nitrogens is 1. The quantitative estimate of drug-likeness (QED) is 0.554. The van der Waals surface area contributed by atoms with E-state index in [1.807, 2.05) is 30.3 Å². The third-order valence-corrected chi connectivity index (χ3v) is 6.42. The molecule has 0 fully saturated rings. The van der Waals surface area contributed by atoms with Crippen LogP contribution in [0.3, 0.4) is 0 Å². The van der Waals surface area contributed by atoms with Crippen molar-refractivity contribution in [3.8, 4) is 0 Å². The molecule has 134 valence electrons. The van der Waals surface area contributed by atoms with Crippen LogP contribution < -0.4 is 4.72 Å². The second-order valence-corrected chi connectivity index (χ2v) is 8.80. The number of benzene rings is 2. The Labute approximate surface area is 170 Å². The highest BCUT2D eigenvalue weighted by Crippen LogP contribution is 2.34. The van der Waals surface area contributed by atoms with Crippen molar-refractivity contribution in [2.75, 3.05) is 0 Å². The van der Waals surface area contributed by atoms with Crippen LogP contribution in [0.1, 0.15) is 17.3 Å². The van der Waals surface area contributed by atoms with E-state index in [9.17, 15) is 8.42 Å². The van der Waals surface area contributed by atoms with Crippen LogP contribution in [0, 0.1) is 0 Å². The topological polar surface area (TPSA) is 59.1 Å². The third kappa shape index (κ3) is 4.27. The molecular formula is C18H13BrCl2N2O2S. The zero-order valence-corrected chi connectivity index (χ0v) is 17.1. The molecule has 2 aromatic carbocycles. The van der Waals surface area contributed by atoms with Crippen LogP contribution in [0.5, 0.6) is 0 Å². The third-order valence-electron chi connectivity index (χ3n) is 3.62. The molecule has 26 heavy (non-hydrogen) atoms. The smallest absolute Gasteiger partial charge is 0.244 e. The Kier molecular flexibility index (Phi) is 5.99. The van der Waals surface area contributed by atoms with Crippen LogP contribution in [0.2, 0.25) is 10.0 Å². The number of nitrogens with one attached hydrogen (secondary N) is 1. The second-order valence-electron chi connectivity index (χ2n) is 5.42. The molecule has 0 saturated carbocycles. The molecule has 1 N–H and O–H groups in total. The van der Waals surface area contributed by atoms with E-state index in [4.69, 9.17) is 23.2 Å². The molecule has 3 rings (SSSR count). The number of sulfonamides is 1. The highest BCUT2D eigenvalue weighted by Gasteiger charge is 2.28. The van der Waals surface area contributed by atoms with Crippen LogP contribution in [-0.2, 0) is 10.0 Å². The highest BCUT2D eigenvalue weighted by molar-refractivity contribution is 9.10. The molecule has 3 aromatic rings. The van der Waals surface area contributed by atoms with E-state index < -0.39 is 16.1 Å². The molecule has 0 aliphatic carbocycles. The predicted octanol–water partition coefficient (Wildman–Crippen LogP) is 5.22. The van der Waals surface area contributed by atoms with Gasteiger partial charge in [0.15, 0.2) is 0 Å². The maximum absolute atomic E-state index is 13.0. The molecule has 0 aliphatic rings. The number of rotatable bonds is 5. The average molecular weight is 472 g/mol. The van der Waals surface area contributed by atoms with Gasteiger partial charge in [-0.2, -0.15) is 4.72 Å². The Balaban J connectivity index is 2.07. The average Bonchev–Trinajstić information content (AvgIpc) is 2.60. The zero-order valence-electron chi connectivity index (χ0n) is 13.2. The number of nitrogens with zero attached hydrogens (tertiary/aromatic N) is 1. The molecule has 1 heterocycles. The van der Waals surface area contributed by atoms with Crippen molar-refractivity contribution in [1.82, 2.24) is 9.71 Å². The van der Waals surface area contributed by atoms with Gasteiger partial charge in [0.05, 0.1) is 21.8 Å². The largest absolute Gasteiger partial charge is 0.259 e. The first-order chi connectivity index (χ1) is 12.4. The summed E-state index contributed by atoms with van der Waals surface area (Å²) in [6.45, 7) is 0. The Bertz CT molecular complexity index is 953. The number of pyridine rings is 1. The zero-order chi connectivity index (χ0) is 18.7. The molecule has 1 aromatic heterocycles. The fourth-order valence-corrected chi connectivity index (χ4v) is 5.63. The van der Waals surface area contributed by atoms with Crippen molar-refractivity contribution in [2.24, 2.45) is 0 Å². The van der Waals surface area contributed by atoms with Crippen molar-refractivity contribution < 1.29 is 8.42 Å². The molecule has 4 nitrogen and oxygen atoms in total. The minimum Gasteiger partial charge on any atom is -0.259 e. The Morgan fingerprint density at radius 1 is 0.962 bits per heavy atom. The maximum Gasteiger partial charge on any atom is 0.244 e. The first kappa shape index (κ1) is 19.3. The number of hydrogen-bond acceptors (Lipinski definition) is 3. The molecular weight excluding hydrogens is 459 g/mol. The van der Waals surface area contributed by atoms with Crippen molar-refractivity contribution in [3.05, 3.63) is 92.6 Å². The van der Waals surface area contributed by atoms with Gasteiger partial charge in [0.1, 0.15) is 4.90 Å². The molecule has 0 bridgehead atoms. The standard InChI is InChI=1S/C18H13BrCl2N2O2S/c19-13-10-14(20)18(15(21)11-13)26(24,25)23-17(12-6-2-1-3-7-12)16-8-4-5-9-22-16/h1-11,17,23H. The lowest BCUT2D eigenvalue weighted by atomic mass is 10.0. The van der Waals surface area contributed by atoms with E-state index in [0.29, 0.717) is 10.2 Å². The van der Waals surface area contributed by atoms with E-state index in [1.165, 1.54) is 12.1 Å². The fraction of sp³-hybridized carbons (Fsp3) is 0.0556. The van der Waals surface area contributed by atoms with Crippen molar-refractivity contribution in [3.63, 3.8) is 0 Å². The first-order valence-corrected chi connectivity index (χ1v) is 10.5. The molecule has 1 unspecified atom stereocenters. The second kappa shape index (κ2) is 8.06. The predicted molar refractivity (Wildman–Crippen MR) is 107 cm³/mol. The van der Waals surface area contributed by atoms with Gasteiger partial charge < -0.3 is 0 Å². The van der Waals surface area contributed by atoms with Gasteiger partial charge in [-0.15, -0.1) is 0 Å². The first-order valence-electron chi connectivity index (χ1n) is 7.51. The molecule has 0 spiro atoms. The summed E-state index contributed by atoms with van der Waals surface area (Å²) < 4.78 is 29.3. The van der Waals surface area contributed by atoms with Gasteiger partial charge in [0.2, 0.25) is 10.0 Å². The summed E-state index contributed by atoms with van der Waals surface area (Å²) in [5.41, 5.74) is 1.31. The molecule has 0 amide bonds. The van der Waals surface area contributed by atoms with Gasteiger partial charge in [0, 0.05) is 10.7 Å². The van der Waals surface area contributed by atoms with Gasteiger partial charge >= 0.3 is 0 Å². The van der Waals surface area contributed by atoms with E-state index in [0.717, 1.165) is 5.56 Å². The monoisotopic (exact) mass is 470 g/mol. The van der Waals surface area contributed by atoms with E-state index in [-0.39, 0.29) is 14.9 Å². The maximum atomic E-state index is 13.0. The van der Waals surface area contributed by atoms with Gasteiger partial charge in [0.25, 0.3) is 0 Å². The Morgan fingerprint density at radius 2 is 1.58 bits per heavy atom. The normalized spacial score (nSPS) is 12.7. The SMILES string of the molecule is O=S(=O)(NC(c1ccccc1)c1ccccn1)c1c(Cl)cc(Br)cc1Cl. The molecule has 8 heteroatoms. The van der Waals surface area contributed by atoms with Crippen LogP contribution in [0.4, 0.5) is 0 Å². The van der Waals surface area contributed by atoms with Crippen LogP contribution in [-0.4, -0.2) is 13.4 Å². The van der Waals surface area contributed by atoms with Crippen molar-refractivity contribution in [2.45, 2.75) is 10.9 Å². The van der Waals surface area contributed by atoms with Crippen LogP contribution >= 0.6 is 39.1 Å². The van der Waals surface area contributed by atoms with Crippen molar-refractivity contribution >= 4 is 49.2 Å². The minimum atomic E-state index is -4.01. The summed E-state index contributed by atoms with van der Waals surface area (Å²) in [5, 5.41) is 0.0643. The Morgan fingerprint density at radius 3 is 2.15 bits per heavy atom. The van der Waals surface area contributed by atoms with Gasteiger partial charge in [-0.25, -0.2) is 8.42 Å². The molecule has 0 aliphatic heterocycles. The lowest BCUT2D eigenvalue weighted by Gasteiger charge is -2.20. The lowest BCUT2D eigenvalue weighted by molar-refractivity contribution is 0.570. The van der Waals surface area contributed by atoms with Crippen LogP contribution in [0.15, 0.2) is 76.2 Å². The minimum absolute atomic E-state index is 0.0321. The summed E-state index contributed by atoms with van der Waals surface area (Å²) in [6.07, 6.45) is 1.61. The highest BCUT2D eigenvalue weighted by atomic mass is 79.9. The lowest BCUT2D eigenvalue weighted by Crippen LogP contribution is -2.30. The van der Waals surface area contributed by atoms with E-state index >= 15 is 0 Å². The van der Waals surface area contributed by atoms with Crippen LogP contribution in [0.25, 0.3) is 0 Å². The van der Waals surface area contributed by atoms with Gasteiger partial charge in [-0.3, -0.25) is 4.98 Å². The summed E-state index contributed by atoms with van der Waals surface area (Å²) in [5.74, 6) is 0. The molecule has 0 saturated heterocycles. The summed E-state index contributed by atoms with van der Waals surface area (Å²) in [6, 6.07) is 16.8. The summed E-state index contributed by atoms with van der Waals surface area (Å²) >= 11 is 15.5. The van der Waals surface area contributed by atoms with Crippen molar-refractivity contribution in [1.29, 1.82) is 0 Å². The van der Waals surface area contributed by atoms with Gasteiger partial charge in [-0.05, 0) is 29.8 Å².